The number of aryl methyl sites for hydroxylation is 1. The SMILES string of the molecule is COCCn1c(NC(C)c2cncnc2C)nc2ccccc21. The molecule has 1 atom stereocenters. The van der Waals surface area contributed by atoms with E-state index in [9.17, 15) is 0 Å². The van der Waals surface area contributed by atoms with Gasteiger partial charge in [-0.1, -0.05) is 12.1 Å². The molecule has 6 nitrogen and oxygen atoms in total. The largest absolute Gasteiger partial charge is 0.383 e. The summed E-state index contributed by atoms with van der Waals surface area (Å²) in [5.74, 6) is 0.832. The minimum absolute atomic E-state index is 0.0642. The number of imidazole rings is 1. The average Bonchev–Trinajstić information content (AvgIpc) is 2.90. The summed E-state index contributed by atoms with van der Waals surface area (Å²) >= 11 is 0. The lowest BCUT2D eigenvalue weighted by atomic mass is 10.1. The Labute approximate surface area is 135 Å². The van der Waals surface area contributed by atoms with Crippen LogP contribution in [0.15, 0.2) is 36.8 Å². The summed E-state index contributed by atoms with van der Waals surface area (Å²) < 4.78 is 7.38. The second-order valence-corrected chi connectivity index (χ2v) is 5.50. The van der Waals surface area contributed by atoms with Gasteiger partial charge in [-0.05, 0) is 26.0 Å². The Morgan fingerprint density at radius 3 is 2.91 bits per heavy atom. The van der Waals surface area contributed by atoms with E-state index in [1.165, 1.54) is 0 Å². The van der Waals surface area contributed by atoms with Crippen molar-refractivity contribution >= 4 is 17.0 Å². The van der Waals surface area contributed by atoms with Gasteiger partial charge in [-0.2, -0.15) is 0 Å². The summed E-state index contributed by atoms with van der Waals surface area (Å²) in [7, 11) is 1.71. The standard InChI is InChI=1S/C17H21N5O/c1-12-14(10-18-11-19-12)13(2)20-17-21-15-6-4-5-7-16(15)22(17)8-9-23-3/h4-7,10-11,13H,8-9H2,1-3H3,(H,20,21). The van der Waals surface area contributed by atoms with Crippen molar-refractivity contribution in [2.75, 3.05) is 19.0 Å². The molecule has 0 spiro atoms. The number of nitrogens with zero attached hydrogens (tertiary/aromatic N) is 4. The Hall–Kier alpha value is -2.47. The van der Waals surface area contributed by atoms with Crippen LogP contribution in [0.2, 0.25) is 0 Å². The van der Waals surface area contributed by atoms with Crippen LogP contribution < -0.4 is 5.32 Å². The Bertz CT molecular complexity index is 799. The molecule has 0 aliphatic carbocycles. The number of methoxy groups -OCH3 is 1. The predicted octanol–water partition coefficient (Wildman–Crippen LogP) is 2.95. The molecule has 0 bridgehead atoms. The fraction of sp³-hybridized carbons (Fsp3) is 0.353. The van der Waals surface area contributed by atoms with Crippen molar-refractivity contribution in [3.63, 3.8) is 0 Å². The van der Waals surface area contributed by atoms with E-state index < -0.39 is 0 Å². The molecule has 2 aromatic heterocycles. The summed E-state index contributed by atoms with van der Waals surface area (Å²) in [6.45, 7) is 5.46. The van der Waals surface area contributed by atoms with Gasteiger partial charge in [0, 0.05) is 31.1 Å². The maximum Gasteiger partial charge on any atom is 0.204 e. The van der Waals surface area contributed by atoms with Gasteiger partial charge in [-0.3, -0.25) is 0 Å². The molecule has 0 saturated carbocycles. The molecule has 1 N–H and O–H groups in total. The van der Waals surface area contributed by atoms with Crippen molar-refractivity contribution in [1.29, 1.82) is 0 Å². The quantitative estimate of drug-likeness (QED) is 0.758. The van der Waals surface area contributed by atoms with Gasteiger partial charge in [-0.15, -0.1) is 0 Å². The number of fused-ring (bicyclic) bond motifs is 1. The molecule has 0 radical (unpaired) electrons. The monoisotopic (exact) mass is 311 g/mol. The topological polar surface area (TPSA) is 64.9 Å². The zero-order valence-corrected chi connectivity index (χ0v) is 13.7. The van der Waals surface area contributed by atoms with Crippen LogP contribution in [0.5, 0.6) is 0 Å². The number of rotatable bonds is 6. The number of para-hydroxylation sites is 2. The lowest BCUT2D eigenvalue weighted by molar-refractivity contribution is 0.188. The van der Waals surface area contributed by atoms with Crippen LogP contribution >= 0.6 is 0 Å². The van der Waals surface area contributed by atoms with Crippen molar-refractivity contribution in [2.24, 2.45) is 0 Å². The maximum atomic E-state index is 5.23. The lowest BCUT2D eigenvalue weighted by Gasteiger charge is -2.17. The third kappa shape index (κ3) is 3.17. The van der Waals surface area contributed by atoms with Crippen molar-refractivity contribution < 1.29 is 4.74 Å². The first-order valence-corrected chi connectivity index (χ1v) is 7.68. The van der Waals surface area contributed by atoms with E-state index in [4.69, 9.17) is 9.72 Å². The summed E-state index contributed by atoms with van der Waals surface area (Å²) in [6.07, 6.45) is 3.42. The van der Waals surface area contributed by atoms with E-state index in [0.29, 0.717) is 6.61 Å². The first-order valence-electron chi connectivity index (χ1n) is 7.68. The highest BCUT2D eigenvalue weighted by Crippen LogP contribution is 2.24. The number of ether oxygens (including phenoxy) is 1. The Morgan fingerprint density at radius 1 is 1.30 bits per heavy atom. The first kappa shape index (κ1) is 15.4. The number of hydrogen-bond donors (Lipinski definition) is 1. The van der Waals surface area contributed by atoms with Crippen molar-refractivity contribution in [3.05, 3.63) is 48.0 Å². The molecular weight excluding hydrogens is 290 g/mol. The van der Waals surface area contributed by atoms with Gasteiger partial charge in [-0.25, -0.2) is 15.0 Å². The summed E-state index contributed by atoms with van der Waals surface area (Å²) in [6, 6.07) is 8.18. The van der Waals surface area contributed by atoms with Gasteiger partial charge in [0.2, 0.25) is 5.95 Å². The van der Waals surface area contributed by atoms with Crippen LogP contribution in [0.25, 0.3) is 11.0 Å². The highest BCUT2D eigenvalue weighted by Gasteiger charge is 2.15. The molecule has 0 fully saturated rings. The molecule has 1 aromatic carbocycles. The third-order valence-electron chi connectivity index (χ3n) is 3.94. The van der Waals surface area contributed by atoms with Crippen LogP contribution in [0.3, 0.4) is 0 Å². The van der Waals surface area contributed by atoms with Crippen molar-refractivity contribution in [3.8, 4) is 0 Å². The minimum Gasteiger partial charge on any atom is -0.383 e. The lowest BCUT2D eigenvalue weighted by Crippen LogP contribution is -2.15. The normalized spacial score (nSPS) is 12.5. The van der Waals surface area contributed by atoms with Crippen LogP contribution in [0.4, 0.5) is 5.95 Å². The number of anilines is 1. The fourth-order valence-electron chi connectivity index (χ4n) is 2.69. The fourth-order valence-corrected chi connectivity index (χ4v) is 2.69. The first-order chi connectivity index (χ1) is 11.2. The maximum absolute atomic E-state index is 5.23. The second-order valence-electron chi connectivity index (χ2n) is 5.50. The number of hydrogen-bond acceptors (Lipinski definition) is 5. The molecule has 23 heavy (non-hydrogen) atoms. The summed E-state index contributed by atoms with van der Waals surface area (Å²) in [5, 5.41) is 3.48. The second kappa shape index (κ2) is 6.75. The number of benzene rings is 1. The van der Waals surface area contributed by atoms with Crippen LogP contribution in [0, 0.1) is 6.92 Å². The van der Waals surface area contributed by atoms with Gasteiger partial charge in [0.05, 0.1) is 23.7 Å². The molecule has 0 amide bonds. The van der Waals surface area contributed by atoms with Crippen LogP contribution in [-0.4, -0.2) is 33.2 Å². The molecule has 6 heteroatoms. The van der Waals surface area contributed by atoms with Crippen LogP contribution in [0.1, 0.15) is 24.2 Å². The molecule has 0 saturated heterocycles. The molecule has 1 unspecified atom stereocenters. The molecule has 3 aromatic rings. The predicted molar refractivity (Wildman–Crippen MR) is 90.4 cm³/mol. The van der Waals surface area contributed by atoms with E-state index in [-0.39, 0.29) is 6.04 Å². The summed E-state index contributed by atoms with van der Waals surface area (Å²) in [4.78, 5) is 13.1. The van der Waals surface area contributed by atoms with Gasteiger partial charge < -0.3 is 14.6 Å². The highest BCUT2D eigenvalue weighted by molar-refractivity contribution is 5.78. The van der Waals surface area contributed by atoms with Gasteiger partial charge in [0.25, 0.3) is 0 Å². The molecule has 2 heterocycles. The van der Waals surface area contributed by atoms with Crippen molar-refractivity contribution in [2.45, 2.75) is 26.4 Å². The Kier molecular flexibility index (Phi) is 4.52. The van der Waals surface area contributed by atoms with Crippen molar-refractivity contribution in [1.82, 2.24) is 19.5 Å². The summed E-state index contributed by atoms with van der Waals surface area (Å²) in [5.41, 5.74) is 4.11. The van der Waals surface area contributed by atoms with E-state index in [2.05, 4.69) is 32.8 Å². The zero-order chi connectivity index (χ0) is 16.2. The zero-order valence-electron chi connectivity index (χ0n) is 13.7. The van der Waals surface area contributed by atoms with E-state index >= 15 is 0 Å². The molecule has 3 rings (SSSR count). The van der Waals surface area contributed by atoms with Gasteiger partial charge >= 0.3 is 0 Å². The molecular formula is C17H21N5O. The van der Waals surface area contributed by atoms with E-state index in [0.717, 1.165) is 34.8 Å². The third-order valence-corrected chi connectivity index (χ3v) is 3.94. The molecule has 0 aliphatic heterocycles. The van der Waals surface area contributed by atoms with E-state index in [1.54, 1.807) is 13.4 Å². The number of nitrogens with one attached hydrogen (secondary N) is 1. The smallest absolute Gasteiger partial charge is 0.204 e. The highest BCUT2D eigenvalue weighted by atomic mass is 16.5. The Balaban J connectivity index is 1.94. The molecule has 0 aliphatic rings. The average molecular weight is 311 g/mol. The number of aromatic nitrogens is 4. The van der Waals surface area contributed by atoms with Gasteiger partial charge in [0.15, 0.2) is 0 Å². The van der Waals surface area contributed by atoms with Crippen LogP contribution in [-0.2, 0) is 11.3 Å². The minimum atomic E-state index is 0.0642. The van der Waals surface area contributed by atoms with Gasteiger partial charge in [0.1, 0.15) is 6.33 Å². The molecule has 120 valence electrons. The van der Waals surface area contributed by atoms with E-state index in [1.807, 2.05) is 31.3 Å². The Morgan fingerprint density at radius 2 is 2.13 bits per heavy atom.